The van der Waals surface area contributed by atoms with E-state index in [1.165, 1.54) is 12.1 Å². The smallest absolute Gasteiger partial charge is 0.232 e. The number of primary sulfonamides is 1. The minimum atomic E-state index is -3.79. The highest BCUT2D eigenvalue weighted by atomic mass is 35.5. The third-order valence-corrected chi connectivity index (χ3v) is 5.73. The molecule has 0 aliphatic heterocycles. The van der Waals surface area contributed by atoms with E-state index < -0.39 is 10.0 Å². The Kier molecular flexibility index (Phi) is 5.14. The number of nitriles is 1. The lowest BCUT2D eigenvalue weighted by Gasteiger charge is -2.08. The maximum absolute atomic E-state index is 11.6. The van der Waals surface area contributed by atoms with Crippen molar-refractivity contribution < 1.29 is 8.42 Å². The molecular weight excluding hydrogens is 420 g/mol. The number of benzene rings is 3. The fraction of sp³-hybridized carbons (Fsp3) is 0. The molecule has 3 aromatic carbocycles. The van der Waals surface area contributed by atoms with Gasteiger partial charge in [0.1, 0.15) is 0 Å². The van der Waals surface area contributed by atoms with E-state index in [1.54, 1.807) is 47.1 Å². The van der Waals surface area contributed by atoms with Gasteiger partial charge in [0.2, 0.25) is 10.0 Å². The van der Waals surface area contributed by atoms with E-state index in [1.807, 2.05) is 24.3 Å². The molecular formula is C22H15ClN4O2S. The number of hydrogen-bond acceptors (Lipinski definition) is 4. The summed E-state index contributed by atoms with van der Waals surface area (Å²) in [5.74, 6) is 0. The molecule has 0 spiro atoms. The van der Waals surface area contributed by atoms with E-state index in [2.05, 4.69) is 6.07 Å². The van der Waals surface area contributed by atoms with Crippen molar-refractivity contribution >= 4 is 21.6 Å². The average molecular weight is 435 g/mol. The first-order chi connectivity index (χ1) is 14.3. The van der Waals surface area contributed by atoms with Crippen LogP contribution >= 0.6 is 11.6 Å². The number of sulfonamides is 1. The van der Waals surface area contributed by atoms with Crippen LogP contribution in [0.5, 0.6) is 0 Å². The first kappa shape index (κ1) is 19.9. The minimum absolute atomic E-state index is 0.0217. The van der Waals surface area contributed by atoms with Crippen molar-refractivity contribution in [3.05, 3.63) is 89.4 Å². The van der Waals surface area contributed by atoms with Crippen LogP contribution in [0.25, 0.3) is 28.2 Å². The van der Waals surface area contributed by atoms with E-state index in [9.17, 15) is 13.7 Å². The molecule has 4 rings (SSSR count). The van der Waals surface area contributed by atoms with Crippen molar-refractivity contribution in [1.82, 2.24) is 9.78 Å². The topological polar surface area (TPSA) is 102 Å². The standard InChI is InChI=1S/C22H15ClN4O2S/c23-18-6-4-16(5-7-18)22-13-21(17-3-1-2-15(12-17)14-24)26-27(22)19-8-10-20(11-9-19)30(25,28)29/h1-13H,(H2,25,28,29). The van der Waals surface area contributed by atoms with Crippen LogP contribution in [-0.2, 0) is 10.0 Å². The summed E-state index contributed by atoms with van der Waals surface area (Å²) < 4.78 is 24.8. The number of nitrogens with zero attached hydrogens (tertiary/aromatic N) is 3. The summed E-state index contributed by atoms with van der Waals surface area (Å²) in [7, 11) is -3.79. The maximum atomic E-state index is 11.6. The first-order valence-corrected chi connectivity index (χ1v) is 10.8. The van der Waals surface area contributed by atoms with Gasteiger partial charge >= 0.3 is 0 Å². The van der Waals surface area contributed by atoms with Crippen LogP contribution < -0.4 is 5.14 Å². The largest absolute Gasteiger partial charge is 0.238 e. The van der Waals surface area contributed by atoms with Gasteiger partial charge in [-0.1, -0.05) is 35.9 Å². The number of halogens is 1. The Morgan fingerprint density at radius 1 is 0.933 bits per heavy atom. The molecule has 0 saturated heterocycles. The summed E-state index contributed by atoms with van der Waals surface area (Å²) in [5.41, 5.74) is 4.33. The molecule has 4 aromatic rings. The molecule has 1 heterocycles. The molecule has 0 unspecified atom stereocenters. The number of hydrogen-bond donors (Lipinski definition) is 1. The quantitative estimate of drug-likeness (QED) is 0.514. The van der Waals surface area contributed by atoms with Crippen LogP contribution in [-0.4, -0.2) is 18.2 Å². The molecule has 148 valence electrons. The molecule has 0 bridgehead atoms. The van der Waals surface area contributed by atoms with Crippen LogP contribution in [0.3, 0.4) is 0 Å². The second-order valence-electron chi connectivity index (χ2n) is 6.57. The van der Waals surface area contributed by atoms with E-state index in [0.717, 1.165) is 16.8 Å². The van der Waals surface area contributed by atoms with Gasteiger partial charge in [-0.25, -0.2) is 18.2 Å². The predicted octanol–water partition coefficient (Wildman–Crippen LogP) is 4.38. The molecule has 0 amide bonds. The molecule has 30 heavy (non-hydrogen) atoms. The third-order valence-electron chi connectivity index (χ3n) is 4.55. The van der Waals surface area contributed by atoms with Crippen molar-refractivity contribution in [3.8, 4) is 34.3 Å². The Morgan fingerprint density at radius 3 is 2.27 bits per heavy atom. The highest BCUT2D eigenvalue weighted by Gasteiger charge is 2.15. The highest BCUT2D eigenvalue weighted by molar-refractivity contribution is 7.89. The van der Waals surface area contributed by atoms with E-state index in [-0.39, 0.29) is 4.90 Å². The Bertz CT molecular complexity index is 1370. The summed E-state index contributed by atoms with van der Waals surface area (Å²) in [6.07, 6.45) is 0. The summed E-state index contributed by atoms with van der Waals surface area (Å²) >= 11 is 6.03. The van der Waals surface area contributed by atoms with Gasteiger partial charge in [-0.15, -0.1) is 0 Å². The molecule has 6 nitrogen and oxygen atoms in total. The van der Waals surface area contributed by atoms with Gasteiger partial charge in [0.25, 0.3) is 0 Å². The predicted molar refractivity (Wildman–Crippen MR) is 116 cm³/mol. The van der Waals surface area contributed by atoms with Crippen LogP contribution in [0.4, 0.5) is 0 Å². The number of nitrogens with two attached hydrogens (primary N) is 1. The van der Waals surface area contributed by atoms with Crippen LogP contribution in [0, 0.1) is 11.3 Å². The number of aromatic nitrogens is 2. The fourth-order valence-corrected chi connectivity index (χ4v) is 3.71. The van der Waals surface area contributed by atoms with Crippen LogP contribution in [0.2, 0.25) is 5.02 Å². The van der Waals surface area contributed by atoms with Crippen LogP contribution in [0.1, 0.15) is 5.56 Å². The molecule has 8 heteroatoms. The fourth-order valence-electron chi connectivity index (χ4n) is 3.07. The molecule has 0 saturated carbocycles. The van der Waals surface area contributed by atoms with E-state index in [4.69, 9.17) is 21.8 Å². The zero-order chi connectivity index (χ0) is 21.3. The molecule has 0 aliphatic carbocycles. The van der Waals surface area contributed by atoms with Gasteiger partial charge in [0.05, 0.1) is 33.6 Å². The molecule has 0 aliphatic rings. The Balaban J connectivity index is 1.88. The van der Waals surface area contributed by atoms with Crippen molar-refractivity contribution in [2.24, 2.45) is 5.14 Å². The Hall–Kier alpha value is -3.44. The minimum Gasteiger partial charge on any atom is -0.232 e. The van der Waals surface area contributed by atoms with Crippen LogP contribution in [0.15, 0.2) is 83.8 Å². The average Bonchev–Trinajstić information content (AvgIpc) is 3.19. The lowest BCUT2D eigenvalue weighted by Crippen LogP contribution is -2.12. The maximum Gasteiger partial charge on any atom is 0.238 e. The van der Waals surface area contributed by atoms with Crippen molar-refractivity contribution in [2.75, 3.05) is 0 Å². The van der Waals surface area contributed by atoms with E-state index in [0.29, 0.717) is 22.0 Å². The van der Waals surface area contributed by atoms with Gasteiger partial charge in [-0.2, -0.15) is 10.4 Å². The molecule has 0 radical (unpaired) electrons. The van der Waals surface area contributed by atoms with E-state index >= 15 is 0 Å². The lowest BCUT2D eigenvalue weighted by molar-refractivity contribution is 0.598. The zero-order valence-electron chi connectivity index (χ0n) is 15.5. The Morgan fingerprint density at radius 2 is 1.63 bits per heavy atom. The second-order valence-corrected chi connectivity index (χ2v) is 8.56. The summed E-state index contributed by atoms with van der Waals surface area (Å²) in [4.78, 5) is 0.0217. The second kappa shape index (κ2) is 7.76. The third kappa shape index (κ3) is 3.98. The van der Waals surface area contributed by atoms with Gasteiger partial charge in [0, 0.05) is 16.1 Å². The van der Waals surface area contributed by atoms with Crippen molar-refractivity contribution in [3.63, 3.8) is 0 Å². The molecule has 1 aromatic heterocycles. The SMILES string of the molecule is N#Cc1cccc(-c2cc(-c3ccc(Cl)cc3)n(-c3ccc(S(N)(=O)=O)cc3)n2)c1. The molecule has 2 N–H and O–H groups in total. The van der Waals surface area contributed by atoms with Crippen molar-refractivity contribution in [1.29, 1.82) is 5.26 Å². The Labute approximate surface area is 178 Å². The van der Waals surface area contributed by atoms with Gasteiger partial charge in [0.15, 0.2) is 0 Å². The zero-order valence-corrected chi connectivity index (χ0v) is 17.1. The van der Waals surface area contributed by atoms with Crippen molar-refractivity contribution in [2.45, 2.75) is 4.90 Å². The summed E-state index contributed by atoms with van der Waals surface area (Å²) in [6.45, 7) is 0. The lowest BCUT2D eigenvalue weighted by atomic mass is 10.1. The van der Waals surface area contributed by atoms with Gasteiger partial charge < -0.3 is 0 Å². The molecule has 0 fully saturated rings. The summed E-state index contributed by atoms with van der Waals surface area (Å²) in [5, 5.41) is 19.7. The first-order valence-electron chi connectivity index (χ1n) is 8.85. The normalized spacial score (nSPS) is 11.2. The molecule has 0 atom stereocenters. The highest BCUT2D eigenvalue weighted by Crippen LogP contribution is 2.30. The van der Waals surface area contributed by atoms with Gasteiger partial charge in [-0.05, 0) is 54.6 Å². The monoisotopic (exact) mass is 434 g/mol. The summed E-state index contributed by atoms with van der Waals surface area (Å²) in [6, 6.07) is 24.7. The number of rotatable bonds is 4. The van der Waals surface area contributed by atoms with Gasteiger partial charge in [-0.3, -0.25) is 0 Å².